The van der Waals surface area contributed by atoms with Gasteiger partial charge < -0.3 is 10.4 Å². The van der Waals surface area contributed by atoms with Crippen molar-refractivity contribution in [1.82, 2.24) is 10.2 Å². The van der Waals surface area contributed by atoms with Gasteiger partial charge in [-0.15, -0.1) is 6.58 Å². The summed E-state index contributed by atoms with van der Waals surface area (Å²) in [6, 6.07) is 5.33. The average molecular weight is 322 g/mol. The van der Waals surface area contributed by atoms with Gasteiger partial charge in [0.2, 0.25) is 0 Å². The molecule has 100 valence electrons. The fraction of sp³-hybridized carbons (Fsp3) is 0.357. The van der Waals surface area contributed by atoms with Crippen LogP contribution in [0.15, 0.2) is 29.3 Å². The third-order valence-electron chi connectivity index (χ3n) is 3.35. The molecule has 19 heavy (non-hydrogen) atoms. The third-order valence-corrected chi connectivity index (χ3v) is 4.04. The first kappa shape index (κ1) is 14.1. The van der Waals surface area contributed by atoms with E-state index in [9.17, 15) is 5.11 Å². The summed E-state index contributed by atoms with van der Waals surface area (Å²) in [6.45, 7) is 7.48. The van der Waals surface area contributed by atoms with Crippen LogP contribution in [0.4, 0.5) is 0 Å². The van der Waals surface area contributed by atoms with Crippen LogP contribution in [0.1, 0.15) is 17.2 Å². The molecule has 1 atom stereocenters. The van der Waals surface area contributed by atoms with Gasteiger partial charge in [-0.05, 0) is 12.1 Å². The van der Waals surface area contributed by atoms with E-state index in [2.05, 4.69) is 32.7 Å². The number of hydrogen-bond donors (Lipinski definition) is 2. The summed E-state index contributed by atoms with van der Waals surface area (Å²) in [5, 5.41) is 22.6. The Morgan fingerprint density at radius 3 is 2.74 bits per heavy atom. The van der Waals surface area contributed by atoms with Crippen LogP contribution in [0.25, 0.3) is 0 Å². The minimum atomic E-state index is -0.0928. The number of benzene rings is 1. The summed E-state index contributed by atoms with van der Waals surface area (Å²) < 4.78 is 0.799. The number of hydrogen-bond acceptors (Lipinski definition) is 4. The van der Waals surface area contributed by atoms with E-state index in [0.717, 1.165) is 36.2 Å². The lowest BCUT2D eigenvalue weighted by Gasteiger charge is -2.34. The zero-order chi connectivity index (χ0) is 13.8. The third kappa shape index (κ3) is 2.81. The smallest absolute Gasteiger partial charge is 0.139 e. The van der Waals surface area contributed by atoms with Crippen molar-refractivity contribution in [3.05, 3.63) is 40.4 Å². The lowest BCUT2D eigenvalue weighted by atomic mass is 10.0. The molecular weight excluding hydrogens is 306 g/mol. The molecule has 0 aromatic heterocycles. The van der Waals surface area contributed by atoms with Crippen LogP contribution in [-0.2, 0) is 0 Å². The van der Waals surface area contributed by atoms with Gasteiger partial charge in [0.1, 0.15) is 11.8 Å². The number of rotatable bonds is 3. The van der Waals surface area contributed by atoms with E-state index in [1.165, 1.54) is 0 Å². The Kier molecular flexibility index (Phi) is 4.59. The molecule has 4 nitrogen and oxygen atoms in total. The standard InChI is InChI=1S/C14H16BrN3O/c1-2-12(18-7-5-17-6-8-18)13-11(15)4-3-10(9-16)14(13)19/h2-4,12,17,19H,1,5-8H2/t12-/m0/s1. The van der Waals surface area contributed by atoms with Crippen LogP contribution >= 0.6 is 15.9 Å². The molecule has 0 saturated carbocycles. The fourth-order valence-corrected chi connectivity index (χ4v) is 2.92. The highest BCUT2D eigenvalue weighted by molar-refractivity contribution is 9.10. The SMILES string of the molecule is C=C[C@@H](c1c(Br)ccc(C#N)c1O)N1CCNCC1. The lowest BCUT2D eigenvalue weighted by molar-refractivity contribution is 0.200. The second kappa shape index (κ2) is 6.20. The van der Waals surface area contributed by atoms with Crippen molar-refractivity contribution in [2.45, 2.75) is 6.04 Å². The Morgan fingerprint density at radius 2 is 2.16 bits per heavy atom. The normalized spacial score (nSPS) is 17.7. The van der Waals surface area contributed by atoms with Crippen LogP contribution in [0, 0.1) is 11.3 Å². The topological polar surface area (TPSA) is 59.3 Å². The molecule has 0 bridgehead atoms. The molecule has 0 radical (unpaired) electrons. The molecule has 1 aromatic rings. The van der Waals surface area contributed by atoms with Crippen molar-refractivity contribution in [1.29, 1.82) is 5.26 Å². The molecule has 1 aliphatic rings. The van der Waals surface area contributed by atoms with Crippen LogP contribution in [0.3, 0.4) is 0 Å². The Labute approximate surface area is 121 Å². The minimum Gasteiger partial charge on any atom is -0.506 e. The summed E-state index contributed by atoms with van der Waals surface area (Å²) >= 11 is 3.46. The van der Waals surface area contributed by atoms with Crippen molar-refractivity contribution in [3.8, 4) is 11.8 Å². The molecular formula is C14H16BrN3O. The van der Waals surface area contributed by atoms with Crippen LogP contribution in [0.5, 0.6) is 5.75 Å². The number of phenols is 1. The summed E-state index contributed by atoms with van der Waals surface area (Å²) in [5.74, 6) is 0.0420. The number of phenolic OH excluding ortho intramolecular Hbond substituents is 1. The molecule has 2 N–H and O–H groups in total. The molecule has 1 aliphatic heterocycles. The van der Waals surface area contributed by atoms with Gasteiger partial charge in [0.25, 0.3) is 0 Å². The second-order valence-electron chi connectivity index (χ2n) is 4.44. The second-order valence-corrected chi connectivity index (χ2v) is 5.29. The van der Waals surface area contributed by atoms with E-state index in [-0.39, 0.29) is 11.8 Å². The van der Waals surface area contributed by atoms with E-state index in [1.807, 2.05) is 12.1 Å². The van der Waals surface area contributed by atoms with Gasteiger partial charge in [-0.2, -0.15) is 5.26 Å². The first-order chi connectivity index (χ1) is 9.19. The summed E-state index contributed by atoms with van der Waals surface area (Å²) in [7, 11) is 0. The highest BCUT2D eigenvalue weighted by atomic mass is 79.9. The van der Waals surface area contributed by atoms with Gasteiger partial charge in [-0.25, -0.2) is 0 Å². The summed E-state index contributed by atoms with van der Waals surface area (Å²) in [5.41, 5.74) is 1.01. The number of nitrogens with one attached hydrogen (secondary N) is 1. The maximum Gasteiger partial charge on any atom is 0.139 e. The van der Waals surface area contributed by atoms with Crippen molar-refractivity contribution < 1.29 is 5.11 Å². The van der Waals surface area contributed by atoms with E-state index < -0.39 is 0 Å². The maximum absolute atomic E-state index is 10.3. The van der Waals surface area contributed by atoms with Crippen molar-refractivity contribution in [3.63, 3.8) is 0 Å². The van der Waals surface area contributed by atoms with Gasteiger partial charge in [-0.3, -0.25) is 4.90 Å². The van der Waals surface area contributed by atoms with Gasteiger partial charge in [0.05, 0.1) is 11.6 Å². The van der Waals surface area contributed by atoms with Gasteiger partial charge in [-0.1, -0.05) is 22.0 Å². The quantitative estimate of drug-likeness (QED) is 0.838. The molecule has 5 heteroatoms. The Morgan fingerprint density at radius 1 is 1.47 bits per heavy atom. The van der Waals surface area contributed by atoms with E-state index in [4.69, 9.17) is 5.26 Å². The lowest BCUT2D eigenvalue weighted by Crippen LogP contribution is -2.44. The largest absolute Gasteiger partial charge is 0.506 e. The van der Waals surface area contributed by atoms with Crippen molar-refractivity contribution >= 4 is 15.9 Å². The molecule has 1 fully saturated rings. The van der Waals surface area contributed by atoms with Crippen molar-refractivity contribution in [2.75, 3.05) is 26.2 Å². The molecule has 0 spiro atoms. The highest BCUT2D eigenvalue weighted by Crippen LogP contribution is 2.37. The monoisotopic (exact) mass is 321 g/mol. The molecule has 0 unspecified atom stereocenters. The average Bonchev–Trinajstić information content (AvgIpc) is 2.44. The highest BCUT2D eigenvalue weighted by Gasteiger charge is 2.25. The number of nitrogens with zero attached hydrogens (tertiary/aromatic N) is 2. The van der Waals surface area contributed by atoms with Gasteiger partial charge >= 0.3 is 0 Å². The van der Waals surface area contributed by atoms with Crippen LogP contribution in [0.2, 0.25) is 0 Å². The van der Waals surface area contributed by atoms with Crippen molar-refractivity contribution in [2.24, 2.45) is 0 Å². The minimum absolute atomic E-state index is 0.0420. The van der Waals surface area contributed by atoms with Crippen LogP contribution < -0.4 is 5.32 Å². The zero-order valence-corrected chi connectivity index (χ0v) is 12.2. The van der Waals surface area contributed by atoms with Gasteiger partial charge in [0.15, 0.2) is 0 Å². The Hall–Kier alpha value is -1.35. The molecule has 1 heterocycles. The first-order valence-electron chi connectivity index (χ1n) is 6.17. The number of nitriles is 1. The molecule has 1 saturated heterocycles. The van der Waals surface area contributed by atoms with E-state index >= 15 is 0 Å². The molecule has 2 rings (SSSR count). The molecule has 0 aliphatic carbocycles. The zero-order valence-electron chi connectivity index (χ0n) is 10.6. The molecule has 1 aromatic carbocycles. The van der Waals surface area contributed by atoms with E-state index in [0.29, 0.717) is 5.56 Å². The summed E-state index contributed by atoms with van der Waals surface area (Å²) in [6.07, 6.45) is 1.81. The predicted octanol–water partition coefficient (Wildman–Crippen LogP) is 2.16. The van der Waals surface area contributed by atoms with Gasteiger partial charge in [0, 0.05) is 36.2 Å². The number of aromatic hydroxyl groups is 1. The summed E-state index contributed by atoms with van der Waals surface area (Å²) in [4.78, 5) is 2.24. The molecule has 0 amide bonds. The fourth-order valence-electron chi connectivity index (χ4n) is 2.36. The maximum atomic E-state index is 10.3. The Balaban J connectivity index is 2.42. The van der Waals surface area contributed by atoms with Crippen LogP contribution in [-0.4, -0.2) is 36.2 Å². The van der Waals surface area contributed by atoms with E-state index in [1.54, 1.807) is 12.1 Å². The Bertz CT molecular complexity index is 518. The number of halogens is 1. The first-order valence-corrected chi connectivity index (χ1v) is 6.97. The number of piperazine rings is 1. The predicted molar refractivity (Wildman–Crippen MR) is 77.9 cm³/mol.